The molecule has 40 heavy (non-hydrogen) atoms. The molecule has 0 aliphatic carbocycles. The summed E-state index contributed by atoms with van der Waals surface area (Å²) < 4.78 is 0. The third-order valence-corrected chi connectivity index (χ3v) is 6.84. The van der Waals surface area contributed by atoms with Gasteiger partial charge in [-0.1, -0.05) is 115 Å². The number of nitrogens with zero attached hydrogens (tertiary/aromatic N) is 2. The summed E-state index contributed by atoms with van der Waals surface area (Å²) in [6, 6.07) is 59.3. The SMILES string of the molecule is C(=Cc1ccccc1N(c1ccccc1)c1ccccc1)c1ccc(N(c2ccccc2)c2ccccc2)cc1. The van der Waals surface area contributed by atoms with Gasteiger partial charge in [0.25, 0.3) is 0 Å². The molecule has 0 aliphatic heterocycles. The lowest BCUT2D eigenvalue weighted by Crippen LogP contribution is -2.10. The summed E-state index contributed by atoms with van der Waals surface area (Å²) in [5.74, 6) is 0. The molecule has 0 saturated carbocycles. The quantitative estimate of drug-likeness (QED) is 0.186. The van der Waals surface area contributed by atoms with E-state index in [1.54, 1.807) is 0 Å². The van der Waals surface area contributed by atoms with Crippen molar-refractivity contribution in [1.29, 1.82) is 0 Å². The maximum absolute atomic E-state index is 2.31. The smallest absolute Gasteiger partial charge is 0.0533 e. The van der Waals surface area contributed by atoms with Gasteiger partial charge >= 0.3 is 0 Å². The maximum atomic E-state index is 2.31. The standard InChI is InChI=1S/C38H30N2/c1-5-16-33(17-6-1)39(34-18-7-2-8-19-34)37-29-26-31(27-30-37)25-28-32-15-13-14-24-38(32)40(35-20-9-3-10-21-35)36-22-11-4-12-23-36/h1-30H. The van der Waals surface area contributed by atoms with Gasteiger partial charge in [0.1, 0.15) is 0 Å². The molecule has 0 aliphatic rings. The Balaban J connectivity index is 1.32. The fourth-order valence-corrected chi connectivity index (χ4v) is 4.94. The summed E-state index contributed by atoms with van der Waals surface area (Å²) >= 11 is 0. The highest BCUT2D eigenvalue weighted by atomic mass is 15.1. The monoisotopic (exact) mass is 514 g/mol. The molecule has 0 saturated heterocycles. The Morgan fingerprint density at radius 1 is 0.300 bits per heavy atom. The molecule has 0 aromatic heterocycles. The molecule has 0 radical (unpaired) electrons. The van der Waals surface area contributed by atoms with Crippen molar-refractivity contribution in [3.63, 3.8) is 0 Å². The first kappa shape index (κ1) is 25.0. The second kappa shape index (κ2) is 12.0. The summed E-state index contributed by atoms with van der Waals surface area (Å²) in [5, 5.41) is 0. The predicted octanol–water partition coefficient (Wildman–Crippen LogP) is 10.8. The predicted molar refractivity (Wildman–Crippen MR) is 171 cm³/mol. The molecule has 0 unspecified atom stereocenters. The highest BCUT2D eigenvalue weighted by Crippen LogP contribution is 2.37. The van der Waals surface area contributed by atoms with E-state index in [2.05, 4.69) is 192 Å². The van der Waals surface area contributed by atoms with Gasteiger partial charge < -0.3 is 9.80 Å². The average molecular weight is 515 g/mol. The lowest BCUT2D eigenvalue weighted by molar-refractivity contribution is 1.28. The summed E-state index contributed by atoms with van der Waals surface area (Å²) in [7, 11) is 0. The number of rotatable bonds is 8. The van der Waals surface area contributed by atoms with Crippen molar-refractivity contribution in [3.05, 3.63) is 181 Å². The van der Waals surface area contributed by atoms with Crippen LogP contribution in [0.2, 0.25) is 0 Å². The van der Waals surface area contributed by atoms with Crippen molar-refractivity contribution < 1.29 is 0 Å². The lowest BCUT2D eigenvalue weighted by atomic mass is 10.1. The van der Waals surface area contributed by atoms with E-state index in [0.717, 1.165) is 45.3 Å². The molecule has 2 nitrogen and oxygen atoms in total. The van der Waals surface area contributed by atoms with Gasteiger partial charge in [-0.2, -0.15) is 0 Å². The minimum atomic E-state index is 1.12. The molecule has 192 valence electrons. The van der Waals surface area contributed by atoms with Crippen molar-refractivity contribution in [1.82, 2.24) is 0 Å². The molecule has 0 amide bonds. The molecular weight excluding hydrogens is 484 g/mol. The highest BCUT2D eigenvalue weighted by molar-refractivity contribution is 5.85. The van der Waals surface area contributed by atoms with Gasteiger partial charge in [0, 0.05) is 28.4 Å². The maximum Gasteiger partial charge on any atom is 0.0533 e. The number of hydrogen-bond donors (Lipinski definition) is 0. The third kappa shape index (κ3) is 5.57. The first-order chi connectivity index (χ1) is 19.9. The molecule has 0 heterocycles. The van der Waals surface area contributed by atoms with Gasteiger partial charge in [0.05, 0.1) is 5.69 Å². The first-order valence-corrected chi connectivity index (χ1v) is 13.5. The van der Waals surface area contributed by atoms with Gasteiger partial charge in [-0.3, -0.25) is 0 Å². The zero-order valence-electron chi connectivity index (χ0n) is 22.2. The largest absolute Gasteiger partial charge is 0.311 e. The van der Waals surface area contributed by atoms with E-state index in [-0.39, 0.29) is 0 Å². The Hall–Kier alpha value is -5.34. The zero-order chi connectivity index (χ0) is 27.0. The van der Waals surface area contributed by atoms with Crippen LogP contribution in [0.5, 0.6) is 0 Å². The molecule has 0 N–H and O–H groups in total. The number of anilines is 6. The van der Waals surface area contributed by atoms with Gasteiger partial charge in [-0.15, -0.1) is 0 Å². The minimum absolute atomic E-state index is 1.12. The fraction of sp³-hybridized carbons (Fsp3) is 0. The van der Waals surface area contributed by atoms with E-state index in [1.165, 1.54) is 0 Å². The summed E-state index contributed by atoms with van der Waals surface area (Å²) in [6.45, 7) is 0. The lowest BCUT2D eigenvalue weighted by Gasteiger charge is -2.27. The number of benzene rings is 6. The summed E-state index contributed by atoms with van der Waals surface area (Å²) in [5.41, 5.74) is 9.06. The van der Waals surface area contributed by atoms with Crippen LogP contribution < -0.4 is 9.80 Å². The van der Waals surface area contributed by atoms with E-state index >= 15 is 0 Å². The van der Waals surface area contributed by atoms with Crippen LogP contribution in [0.4, 0.5) is 34.1 Å². The highest BCUT2D eigenvalue weighted by Gasteiger charge is 2.14. The average Bonchev–Trinajstić information content (AvgIpc) is 3.04. The molecule has 0 bridgehead atoms. The van der Waals surface area contributed by atoms with Crippen molar-refractivity contribution in [2.24, 2.45) is 0 Å². The van der Waals surface area contributed by atoms with Gasteiger partial charge in [0.2, 0.25) is 0 Å². The molecule has 2 heteroatoms. The van der Waals surface area contributed by atoms with Crippen LogP contribution in [0, 0.1) is 0 Å². The normalized spacial score (nSPS) is 10.9. The molecule has 6 aromatic rings. The fourth-order valence-electron chi connectivity index (χ4n) is 4.94. The van der Waals surface area contributed by atoms with Crippen LogP contribution >= 0.6 is 0 Å². The van der Waals surface area contributed by atoms with E-state index in [4.69, 9.17) is 0 Å². The first-order valence-electron chi connectivity index (χ1n) is 13.5. The van der Waals surface area contributed by atoms with Crippen LogP contribution in [0.15, 0.2) is 170 Å². The van der Waals surface area contributed by atoms with Crippen LogP contribution in [-0.4, -0.2) is 0 Å². The Morgan fingerprint density at radius 3 is 1.15 bits per heavy atom. The molecule has 0 atom stereocenters. The second-order valence-corrected chi connectivity index (χ2v) is 9.50. The minimum Gasteiger partial charge on any atom is -0.311 e. The molecule has 6 aromatic carbocycles. The van der Waals surface area contributed by atoms with Crippen molar-refractivity contribution in [2.45, 2.75) is 0 Å². The van der Waals surface area contributed by atoms with Crippen molar-refractivity contribution in [2.75, 3.05) is 9.80 Å². The van der Waals surface area contributed by atoms with Crippen molar-refractivity contribution >= 4 is 46.3 Å². The van der Waals surface area contributed by atoms with E-state index in [0.29, 0.717) is 0 Å². The summed E-state index contributed by atoms with van der Waals surface area (Å²) in [4.78, 5) is 4.58. The third-order valence-electron chi connectivity index (χ3n) is 6.84. The Labute approximate surface area is 236 Å². The van der Waals surface area contributed by atoms with E-state index in [1.807, 2.05) is 0 Å². The van der Waals surface area contributed by atoms with E-state index in [9.17, 15) is 0 Å². The molecule has 0 fully saturated rings. The van der Waals surface area contributed by atoms with Crippen LogP contribution in [0.1, 0.15) is 11.1 Å². The van der Waals surface area contributed by atoms with Crippen LogP contribution in [-0.2, 0) is 0 Å². The van der Waals surface area contributed by atoms with Gasteiger partial charge in [0.15, 0.2) is 0 Å². The Kier molecular flexibility index (Phi) is 7.50. The second-order valence-electron chi connectivity index (χ2n) is 9.50. The molecule has 6 rings (SSSR count). The Bertz CT molecular complexity index is 1580. The number of para-hydroxylation sites is 5. The Morgan fingerprint density at radius 2 is 0.675 bits per heavy atom. The van der Waals surface area contributed by atoms with Crippen LogP contribution in [0.25, 0.3) is 12.2 Å². The van der Waals surface area contributed by atoms with Gasteiger partial charge in [-0.05, 0) is 77.9 Å². The molecular formula is C38H30N2. The van der Waals surface area contributed by atoms with Crippen LogP contribution in [0.3, 0.4) is 0 Å². The van der Waals surface area contributed by atoms with E-state index < -0.39 is 0 Å². The topological polar surface area (TPSA) is 6.48 Å². The van der Waals surface area contributed by atoms with Gasteiger partial charge in [-0.25, -0.2) is 0 Å². The van der Waals surface area contributed by atoms with Crippen molar-refractivity contribution in [3.8, 4) is 0 Å². The summed E-state index contributed by atoms with van der Waals surface area (Å²) in [6.07, 6.45) is 4.39. The number of hydrogen-bond acceptors (Lipinski definition) is 2. The zero-order valence-corrected chi connectivity index (χ0v) is 22.2. The molecule has 0 spiro atoms.